The Morgan fingerprint density at radius 3 is 2.92 bits per heavy atom. The lowest BCUT2D eigenvalue weighted by atomic mass is 9.98. The summed E-state index contributed by atoms with van der Waals surface area (Å²) in [4.78, 5) is 28.4. The van der Waals surface area contributed by atoms with Crippen molar-refractivity contribution in [1.29, 1.82) is 0 Å². The molecule has 1 aliphatic heterocycles. The van der Waals surface area contributed by atoms with E-state index in [1.54, 1.807) is 35.6 Å². The van der Waals surface area contributed by atoms with E-state index in [2.05, 4.69) is 10.3 Å². The van der Waals surface area contributed by atoms with Crippen molar-refractivity contribution in [3.63, 3.8) is 0 Å². The molecule has 0 saturated carbocycles. The van der Waals surface area contributed by atoms with Gasteiger partial charge in [0.2, 0.25) is 0 Å². The summed E-state index contributed by atoms with van der Waals surface area (Å²) in [5.41, 5.74) is 0.0335. The first-order valence-corrected chi connectivity index (χ1v) is 9.79. The molecule has 1 amide bonds. The highest BCUT2D eigenvalue weighted by Gasteiger charge is 2.43. The predicted octanol–water partition coefficient (Wildman–Crippen LogP) is 2.72. The zero-order chi connectivity index (χ0) is 17.9. The van der Waals surface area contributed by atoms with E-state index in [-0.39, 0.29) is 0 Å². The van der Waals surface area contributed by atoms with Gasteiger partial charge >= 0.3 is 5.97 Å². The summed E-state index contributed by atoms with van der Waals surface area (Å²) in [5.74, 6) is 0.261. The van der Waals surface area contributed by atoms with Crippen LogP contribution in [0, 0.1) is 6.92 Å². The van der Waals surface area contributed by atoms with Crippen molar-refractivity contribution in [2.45, 2.75) is 25.5 Å². The number of aliphatic carboxylic acids is 1. The minimum absolute atomic E-state index is 0.325. The van der Waals surface area contributed by atoms with Gasteiger partial charge in [0.15, 0.2) is 0 Å². The second kappa shape index (κ2) is 7.45. The molecule has 1 unspecified atom stereocenters. The Morgan fingerprint density at radius 1 is 1.44 bits per heavy atom. The molecule has 1 aromatic heterocycles. The average Bonchev–Trinajstić information content (AvgIpc) is 3.23. The van der Waals surface area contributed by atoms with Crippen molar-refractivity contribution in [2.24, 2.45) is 0 Å². The molecule has 1 aromatic carbocycles. The number of nitrogens with one attached hydrogen (secondary N) is 1. The predicted molar refractivity (Wildman–Crippen MR) is 97.4 cm³/mol. The monoisotopic (exact) mass is 378 g/mol. The number of carboxylic acids is 1. The molecule has 2 heterocycles. The third-order valence-corrected chi connectivity index (χ3v) is 5.95. The largest absolute Gasteiger partial charge is 0.487 e. The second-order valence-electron chi connectivity index (χ2n) is 5.82. The highest BCUT2D eigenvalue weighted by Crippen LogP contribution is 2.29. The SMILES string of the molecule is Cc1nc(COc2cccc(C(=O)NC3(C(=O)O)CCSC3)c2)cs1. The molecule has 1 fully saturated rings. The van der Waals surface area contributed by atoms with Crippen LogP contribution in [0.3, 0.4) is 0 Å². The van der Waals surface area contributed by atoms with E-state index in [1.165, 1.54) is 11.8 Å². The van der Waals surface area contributed by atoms with Gasteiger partial charge in [-0.25, -0.2) is 9.78 Å². The summed E-state index contributed by atoms with van der Waals surface area (Å²) in [6.45, 7) is 2.25. The van der Waals surface area contributed by atoms with Gasteiger partial charge in [0, 0.05) is 16.7 Å². The first kappa shape index (κ1) is 17.8. The second-order valence-corrected chi connectivity index (χ2v) is 7.99. The molecule has 8 heteroatoms. The van der Waals surface area contributed by atoms with Crippen LogP contribution in [0.2, 0.25) is 0 Å². The molecule has 0 spiro atoms. The van der Waals surface area contributed by atoms with Crippen LogP contribution in [0.15, 0.2) is 29.6 Å². The molecule has 0 radical (unpaired) electrons. The first-order valence-electron chi connectivity index (χ1n) is 7.76. The number of benzene rings is 1. The van der Waals surface area contributed by atoms with Gasteiger partial charge in [-0.2, -0.15) is 11.8 Å². The molecule has 6 nitrogen and oxygen atoms in total. The van der Waals surface area contributed by atoms with E-state index in [1.807, 2.05) is 12.3 Å². The number of hydrogen-bond acceptors (Lipinski definition) is 6. The van der Waals surface area contributed by atoms with E-state index < -0.39 is 17.4 Å². The van der Waals surface area contributed by atoms with Crippen LogP contribution >= 0.6 is 23.1 Å². The van der Waals surface area contributed by atoms with Crippen molar-refractivity contribution >= 4 is 35.0 Å². The fraction of sp³-hybridized carbons (Fsp3) is 0.353. The molecule has 2 N–H and O–H groups in total. The van der Waals surface area contributed by atoms with Crippen molar-refractivity contribution in [3.8, 4) is 5.75 Å². The van der Waals surface area contributed by atoms with Crippen molar-refractivity contribution in [2.75, 3.05) is 11.5 Å². The summed E-state index contributed by atoms with van der Waals surface area (Å²) in [6.07, 6.45) is 0.429. The Labute approximate surface area is 153 Å². The Hall–Kier alpha value is -2.06. The summed E-state index contributed by atoms with van der Waals surface area (Å²) in [7, 11) is 0. The fourth-order valence-electron chi connectivity index (χ4n) is 2.53. The summed E-state index contributed by atoms with van der Waals surface area (Å²) in [6, 6.07) is 6.74. The lowest BCUT2D eigenvalue weighted by Crippen LogP contribution is -2.54. The number of nitrogens with zero attached hydrogens (tertiary/aromatic N) is 1. The Balaban J connectivity index is 1.68. The van der Waals surface area contributed by atoms with Crippen LogP contribution in [-0.4, -0.2) is 39.0 Å². The van der Waals surface area contributed by atoms with E-state index in [0.29, 0.717) is 30.1 Å². The van der Waals surface area contributed by atoms with Gasteiger partial charge in [-0.1, -0.05) is 6.07 Å². The maximum atomic E-state index is 12.5. The molecule has 1 aliphatic rings. The normalized spacial score (nSPS) is 19.6. The van der Waals surface area contributed by atoms with Crippen molar-refractivity contribution in [3.05, 3.63) is 45.9 Å². The number of thiazole rings is 1. The zero-order valence-electron chi connectivity index (χ0n) is 13.7. The molecule has 0 bridgehead atoms. The lowest BCUT2D eigenvalue weighted by Gasteiger charge is -2.24. The van der Waals surface area contributed by atoms with Crippen LogP contribution in [0.4, 0.5) is 0 Å². The molecule has 25 heavy (non-hydrogen) atoms. The number of hydrogen-bond donors (Lipinski definition) is 2. The molecule has 132 valence electrons. The number of carbonyl (C=O) groups is 2. The van der Waals surface area contributed by atoms with Gasteiger partial charge < -0.3 is 15.2 Å². The number of ether oxygens (including phenoxy) is 1. The Morgan fingerprint density at radius 2 is 2.28 bits per heavy atom. The van der Waals surface area contributed by atoms with Crippen LogP contribution < -0.4 is 10.1 Å². The van der Waals surface area contributed by atoms with E-state index in [0.717, 1.165) is 16.5 Å². The van der Waals surface area contributed by atoms with Gasteiger partial charge in [-0.05, 0) is 37.3 Å². The summed E-state index contributed by atoms with van der Waals surface area (Å²) < 4.78 is 5.68. The zero-order valence-corrected chi connectivity index (χ0v) is 15.3. The number of thioether (sulfide) groups is 1. The van der Waals surface area contributed by atoms with Gasteiger partial charge in [-0.15, -0.1) is 11.3 Å². The quantitative estimate of drug-likeness (QED) is 0.803. The van der Waals surface area contributed by atoms with Crippen LogP contribution in [0.1, 0.15) is 27.5 Å². The average molecular weight is 378 g/mol. The van der Waals surface area contributed by atoms with Gasteiger partial charge in [0.25, 0.3) is 5.91 Å². The Bertz CT molecular complexity index is 784. The maximum Gasteiger partial charge on any atom is 0.330 e. The van der Waals surface area contributed by atoms with Crippen LogP contribution in [-0.2, 0) is 11.4 Å². The maximum absolute atomic E-state index is 12.5. The first-order chi connectivity index (χ1) is 12.0. The fourth-order valence-corrected chi connectivity index (χ4v) is 4.46. The molecule has 1 atom stereocenters. The third kappa shape index (κ3) is 4.13. The van der Waals surface area contributed by atoms with E-state index in [4.69, 9.17) is 4.74 Å². The number of aromatic nitrogens is 1. The summed E-state index contributed by atoms with van der Waals surface area (Å²) in [5, 5.41) is 15.1. The Kier molecular flexibility index (Phi) is 5.29. The number of rotatable bonds is 6. The topological polar surface area (TPSA) is 88.5 Å². The van der Waals surface area contributed by atoms with E-state index >= 15 is 0 Å². The highest BCUT2D eigenvalue weighted by molar-refractivity contribution is 7.99. The molecule has 2 aromatic rings. The molecule has 3 rings (SSSR count). The van der Waals surface area contributed by atoms with E-state index in [9.17, 15) is 14.7 Å². The number of carbonyl (C=O) groups excluding carboxylic acids is 1. The van der Waals surface area contributed by atoms with Crippen LogP contribution in [0.25, 0.3) is 0 Å². The van der Waals surface area contributed by atoms with Gasteiger partial charge in [-0.3, -0.25) is 4.79 Å². The minimum Gasteiger partial charge on any atom is -0.487 e. The molecular weight excluding hydrogens is 360 g/mol. The molecule has 1 saturated heterocycles. The number of amides is 1. The molecular formula is C17H18N2O4S2. The van der Waals surface area contributed by atoms with Crippen molar-refractivity contribution < 1.29 is 19.4 Å². The third-order valence-electron chi connectivity index (χ3n) is 3.93. The van der Waals surface area contributed by atoms with Gasteiger partial charge in [0.05, 0.1) is 10.7 Å². The van der Waals surface area contributed by atoms with Gasteiger partial charge in [0.1, 0.15) is 17.9 Å². The lowest BCUT2D eigenvalue weighted by molar-refractivity contribution is -0.143. The minimum atomic E-state index is -1.18. The standard InChI is InChI=1S/C17H18N2O4S2/c1-11-18-13(9-25-11)8-23-14-4-2-3-12(7-14)15(20)19-17(16(21)22)5-6-24-10-17/h2-4,7,9H,5-6,8,10H2,1H3,(H,19,20)(H,21,22). The smallest absolute Gasteiger partial charge is 0.330 e. The highest BCUT2D eigenvalue weighted by atomic mass is 32.2. The summed E-state index contributed by atoms with van der Waals surface area (Å²) >= 11 is 3.09. The number of aryl methyl sites for hydroxylation is 1. The molecule has 0 aliphatic carbocycles. The van der Waals surface area contributed by atoms with Crippen molar-refractivity contribution in [1.82, 2.24) is 10.3 Å². The number of carboxylic acid groups (broad SMARTS) is 1. The van der Waals surface area contributed by atoms with Crippen LogP contribution in [0.5, 0.6) is 5.75 Å².